The van der Waals surface area contributed by atoms with E-state index in [-0.39, 0.29) is 17.5 Å². The van der Waals surface area contributed by atoms with Crippen LogP contribution in [0.15, 0.2) is 42.2 Å². The maximum atomic E-state index is 13.2. The van der Waals surface area contributed by atoms with Crippen molar-refractivity contribution in [2.24, 2.45) is 17.3 Å². The zero-order chi connectivity index (χ0) is 23.7. The van der Waals surface area contributed by atoms with Crippen LogP contribution in [0, 0.1) is 17.3 Å². The van der Waals surface area contributed by atoms with Gasteiger partial charge in [-0.3, -0.25) is 0 Å². The second-order valence-corrected chi connectivity index (χ2v) is 11.4. The lowest BCUT2D eigenvalue weighted by atomic mass is 9.55. The van der Waals surface area contributed by atoms with E-state index < -0.39 is 0 Å². The summed E-state index contributed by atoms with van der Waals surface area (Å²) in [5.74, 6) is 2.14. The number of nitrogens with zero attached hydrogens (tertiary/aromatic N) is 1. The Balaban J connectivity index is 1.24. The molecule has 2 fully saturated rings. The van der Waals surface area contributed by atoms with Crippen molar-refractivity contribution in [2.45, 2.75) is 96.5 Å². The van der Waals surface area contributed by atoms with Gasteiger partial charge in [0, 0.05) is 24.6 Å². The van der Waals surface area contributed by atoms with Crippen LogP contribution >= 0.6 is 0 Å². The summed E-state index contributed by atoms with van der Waals surface area (Å²) in [6, 6.07) is 5.99. The van der Waals surface area contributed by atoms with E-state index in [9.17, 15) is 9.90 Å². The lowest BCUT2D eigenvalue weighted by Gasteiger charge is -2.50. The molecule has 184 valence electrons. The average molecular weight is 464 g/mol. The smallest absolute Gasteiger partial charge is 0.336 e. The normalized spacial score (nSPS) is 31.9. The highest BCUT2D eigenvalue weighted by atomic mass is 16.5. The van der Waals surface area contributed by atoms with Gasteiger partial charge in [0.15, 0.2) is 0 Å². The van der Waals surface area contributed by atoms with Crippen LogP contribution in [0.5, 0.6) is 5.75 Å². The molecule has 1 heterocycles. The predicted octanol–water partition coefficient (Wildman–Crippen LogP) is 6.84. The molecule has 4 heteroatoms. The summed E-state index contributed by atoms with van der Waals surface area (Å²) < 4.78 is 6.28. The minimum atomic E-state index is -0.110. The molecule has 0 amide bonds. The van der Waals surface area contributed by atoms with Crippen LogP contribution in [0.4, 0.5) is 0 Å². The van der Waals surface area contributed by atoms with Gasteiger partial charge in [-0.25, -0.2) is 4.79 Å². The number of hydrogen-bond donors (Lipinski definition) is 1. The van der Waals surface area contributed by atoms with Gasteiger partial charge >= 0.3 is 5.97 Å². The third-order valence-corrected chi connectivity index (χ3v) is 9.36. The number of unbranched alkanes of at least 4 members (excludes halogenated alkanes) is 3. The molecule has 4 nitrogen and oxygen atoms in total. The molecule has 5 rings (SSSR count). The van der Waals surface area contributed by atoms with Gasteiger partial charge in [-0.1, -0.05) is 45.3 Å². The summed E-state index contributed by atoms with van der Waals surface area (Å²) in [7, 11) is 0. The fourth-order valence-corrected chi connectivity index (χ4v) is 7.53. The SMILES string of the molecule is CCCCCCN1C=CCC(C(=O)O[C@H]2CC[C@H]3[C@@H]4CCc5cc(O)ccc5[C@H]4CC[C@]23C)=C1. The van der Waals surface area contributed by atoms with Crippen molar-refractivity contribution in [2.75, 3.05) is 6.54 Å². The number of hydrogen-bond acceptors (Lipinski definition) is 4. The second-order valence-electron chi connectivity index (χ2n) is 11.4. The first-order chi connectivity index (χ1) is 16.5. The van der Waals surface area contributed by atoms with E-state index in [2.05, 4.69) is 37.1 Å². The number of esters is 1. The molecule has 1 aliphatic heterocycles. The Labute approximate surface area is 205 Å². The minimum Gasteiger partial charge on any atom is -0.508 e. The van der Waals surface area contributed by atoms with E-state index in [4.69, 9.17) is 4.74 Å². The molecule has 4 aliphatic rings. The Bertz CT molecular complexity index is 966. The van der Waals surface area contributed by atoms with E-state index in [0.29, 0.717) is 29.9 Å². The first-order valence-electron chi connectivity index (χ1n) is 13.7. The van der Waals surface area contributed by atoms with Crippen molar-refractivity contribution in [1.82, 2.24) is 4.90 Å². The molecule has 0 saturated heterocycles. The van der Waals surface area contributed by atoms with Gasteiger partial charge in [0.1, 0.15) is 11.9 Å². The van der Waals surface area contributed by atoms with Crippen LogP contribution in [0.3, 0.4) is 0 Å². The fourth-order valence-electron chi connectivity index (χ4n) is 7.53. The zero-order valence-corrected chi connectivity index (χ0v) is 21.0. The van der Waals surface area contributed by atoms with Crippen molar-refractivity contribution in [1.29, 1.82) is 0 Å². The summed E-state index contributed by atoms with van der Waals surface area (Å²) in [4.78, 5) is 15.4. The molecule has 0 unspecified atom stereocenters. The van der Waals surface area contributed by atoms with Crippen molar-refractivity contribution in [3.63, 3.8) is 0 Å². The summed E-state index contributed by atoms with van der Waals surface area (Å²) in [6.07, 6.45) is 18.5. The van der Waals surface area contributed by atoms with Crippen LogP contribution in [-0.4, -0.2) is 28.6 Å². The highest BCUT2D eigenvalue weighted by Gasteiger charge is 2.56. The summed E-state index contributed by atoms with van der Waals surface area (Å²) in [6.45, 7) is 5.59. The van der Waals surface area contributed by atoms with Crippen molar-refractivity contribution in [3.05, 3.63) is 53.4 Å². The third kappa shape index (κ3) is 4.41. The van der Waals surface area contributed by atoms with Crippen LogP contribution in [-0.2, 0) is 16.0 Å². The first-order valence-corrected chi connectivity index (χ1v) is 13.7. The van der Waals surface area contributed by atoms with Gasteiger partial charge in [-0.05, 0) is 92.2 Å². The average Bonchev–Trinajstić information content (AvgIpc) is 3.17. The number of aryl methyl sites for hydroxylation is 1. The molecule has 0 radical (unpaired) electrons. The number of carbonyl (C=O) groups is 1. The van der Waals surface area contributed by atoms with Crippen molar-refractivity contribution < 1.29 is 14.6 Å². The van der Waals surface area contributed by atoms with Crippen LogP contribution in [0.2, 0.25) is 0 Å². The summed E-state index contributed by atoms with van der Waals surface area (Å²) in [5, 5.41) is 9.92. The van der Waals surface area contributed by atoms with Crippen molar-refractivity contribution in [3.8, 4) is 5.75 Å². The molecular weight excluding hydrogens is 422 g/mol. The molecule has 0 aromatic heterocycles. The van der Waals surface area contributed by atoms with Crippen LogP contribution in [0.1, 0.15) is 95.1 Å². The molecule has 3 aliphatic carbocycles. The maximum absolute atomic E-state index is 13.2. The molecule has 34 heavy (non-hydrogen) atoms. The van der Waals surface area contributed by atoms with E-state index in [1.165, 1.54) is 36.8 Å². The fraction of sp³-hybridized carbons (Fsp3) is 0.633. The van der Waals surface area contributed by atoms with E-state index in [1.54, 1.807) is 0 Å². The molecule has 2 saturated carbocycles. The maximum Gasteiger partial charge on any atom is 0.336 e. The largest absolute Gasteiger partial charge is 0.508 e. The van der Waals surface area contributed by atoms with Gasteiger partial charge in [0.25, 0.3) is 0 Å². The molecular formula is C30H41NO3. The quantitative estimate of drug-likeness (QED) is 0.355. The van der Waals surface area contributed by atoms with Gasteiger partial charge in [0.05, 0.1) is 5.57 Å². The van der Waals surface area contributed by atoms with Crippen LogP contribution < -0.4 is 0 Å². The highest BCUT2D eigenvalue weighted by Crippen LogP contribution is 2.61. The molecule has 1 N–H and O–H groups in total. The number of phenolic OH excluding ortho intramolecular Hbond substituents is 1. The van der Waals surface area contributed by atoms with Gasteiger partial charge in [-0.15, -0.1) is 0 Å². The Morgan fingerprint density at radius 1 is 1.18 bits per heavy atom. The summed E-state index contributed by atoms with van der Waals surface area (Å²) >= 11 is 0. The monoisotopic (exact) mass is 463 g/mol. The number of carbonyl (C=O) groups excluding carboxylic acids is 1. The molecule has 5 atom stereocenters. The number of ether oxygens (including phenoxy) is 1. The number of fused-ring (bicyclic) bond motifs is 5. The zero-order valence-electron chi connectivity index (χ0n) is 21.0. The summed E-state index contributed by atoms with van der Waals surface area (Å²) in [5.41, 5.74) is 3.66. The molecule has 1 aromatic rings. The Morgan fingerprint density at radius 3 is 2.91 bits per heavy atom. The predicted molar refractivity (Wildman–Crippen MR) is 135 cm³/mol. The number of allylic oxidation sites excluding steroid dienone is 1. The number of aromatic hydroxyl groups is 1. The van der Waals surface area contributed by atoms with Gasteiger partial charge in [0.2, 0.25) is 0 Å². The highest BCUT2D eigenvalue weighted by molar-refractivity contribution is 5.89. The third-order valence-electron chi connectivity index (χ3n) is 9.36. The first kappa shape index (κ1) is 23.5. The Kier molecular flexibility index (Phi) is 6.77. The second kappa shape index (κ2) is 9.79. The van der Waals surface area contributed by atoms with Crippen molar-refractivity contribution >= 4 is 5.97 Å². The van der Waals surface area contributed by atoms with Crippen LogP contribution in [0.25, 0.3) is 0 Å². The topological polar surface area (TPSA) is 49.8 Å². The number of benzene rings is 1. The molecule has 1 aromatic carbocycles. The number of phenols is 1. The standard InChI is InChI=1S/C30H41NO3/c1-3-4-5-6-17-31-18-7-8-22(20-31)29(33)34-28-14-13-27-26-11-9-21-19-23(32)10-12-24(21)25(26)15-16-30(27,28)2/h7,10,12,18-20,25-28,32H,3-6,8-9,11,13-17H2,1-2H3/t25-,26-,27+,28+,30+/m1/s1. The van der Waals surface area contributed by atoms with Gasteiger partial charge in [-0.2, -0.15) is 0 Å². The Morgan fingerprint density at radius 2 is 2.06 bits per heavy atom. The van der Waals surface area contributed by atoms with E-state index in [1.807, 2.05) is 18.3 Å². The van der Waals surface area contributed by atoms with E-state index in [0.717, 1.165) is 50.6 Å². The lowest BCUT2D eigenvalue weighted by Crippen LogP contribution is -2.45. The minimum absolute atomic E-state index is 0.0250. The lowest BCUT2D eigenvalue weighted by molar-refractivity contribution is -0.153. The molecule has 0 bridgehead atoms. The van der Waals surface area contributed by atoms with E-state index >= 15 is 0 Å². The molecule has 0 spiro atoms. The number of rotatable bonds is 7. The Hall–Kier alpha value is -2.23. The van der Waals surface area contributed by atoms with Gasteiger partial charge < -0.3 is 14.7 Å².